The van der Waals surface area contributed by atoms with Gasteiger partial charge in [0.1, 0.15) is 0 Å². The number of aryl methyl sites for hydroxylation is 2. The summed E-state index contributed by atoms with van der Waals surface area (Å²) in [5.41, 5.74) is 10.5. The molecule has 0 aromatic heterocycles. The smallest absolute Gasteiger partial charge is 0.0405 e. The molecule has 18 heavy (non-hydrogen) atoms. The van der Waals surface area contributed by atoms with Gasteiger partial charge in [-0.25, -0.2) is 0 Å². The lowest BCUT2D eigenvalue weighted by atomic mass is 9.96. The van der Waals surface area contributed by atoms with Crippen LogP contribution in [0.4, 0.5) is 0 Å². The highest BCUT2D eigenvalue weighted by Gasteiger charge is 2.13. The molecule has 96 valence electrons. The predicted octanol–water partition coefficient (Wildman–Crippen LogP) is 3.61. The molecule has 1 unspecified atom stereocenters. The summed E-state index contributed by atoms with van der Waals surface area (Å²) in [5.74, 6) is 6.46. The maximum atomic E-state index is 6.22. The van der Waals surface area contributed by atoms with Crippen LogP contribution in [0.15, 0.2) is 18.2 Å². The minimum atomic E-state index is 0.0470. The maximum absolute atomic E-state index is 6.22. The van der Waals surface area contributed by atoms with Crippen LogP contribution in [-0.2, 0) is 12.8 Å². The summed E-state index contributed by atoms with van der Waals surface area (Å²) in [6.07, 6.45) is 4.48. The molecular formula is C17H23N. The van der Waals surface area contributed by atoms with Gasteiger partial charge in [-0.1, -0.05) is 24.1 Å². The first-order valence-electron chi connectivity index (χ1n) is 6.83. The lowest BCUT2D eigenvalue weighted by Crippen LogP contribution is -2.10. The van der Waals surface area contributed by atoms with Crippen LogP contribution in [0.2, 0.25) is 0 Å². The molecular weight excluding hydrogens is 218 g/mol. The van der Waals surface area contributed by atoms with Gasteiger partial charge in [-0.15, -0.1) is 5.92 Å². The Kier molecular flexibility index (Phi) is 3.78. The molecule has 0 heterocycles. The van der Waals surface area contributed by atoms with Crippen LogP contribution in [0.5, 0.6) is 0 Å². The zero-order valence-corrected chi connectivity index (χ0v) is 11.7. The van der Waals surface area contributed by atoms with Gasteiger partial charge < -0.3 is 5.73 Å². The Morgan fingerprint density at radius 1 is 1.22 bits per heavy atom. The zero-order chi connectivity index (χ0) is 13.2. The van der Waals surface area contributed by atoms with Crippen LogP contribution in [0.25, 0.3) is 0 Å². The van der Waals surface area contributed by atoms with Crippen molar-refractivity contribution >= 4 is 0 Å². The highest BCUT2D eigenvalue weighted by molar-refractivity contribution is 5.36. The quantitative estimate of drug-likeness (QED) is 0.786. The predicted molar refractivity (Wildman–Crippen MR) is 77.2 cm³/mol. The van der Waals surface area contributed by atoms with E-state index in [0.717, 1.165) is 6.42 Å². The van der Waals surface area contributed by atoms with Crippen LogP contribution >= 0.6 is 0 Å². The summed E-state index contributed by atoms with van der Waals surface area (Å²) >= 11 is 0. The van der Waals surface area contributed by atoms with Gasteiger partial charge in [-0.05, 0) is 56.7 Å². The van der Waals surface area contributed by atoms with Gasteiger partial charge in [0.15, 0.2) is 0 Å². The molecule has 0 bridgehead atoms. The molecule has 0 saturated heterocycles. The van der Waals surface area contributed by atoms with Crippen molar-refractivity contribution in [2.75, 3.05) is 0 Å². The highest BCUT2D eigenvalue weighted by Crippen LogP contribution is 2.25. The minimum Gasteiger partial charge on any atom is -0.323 e. The van der Waals surface area contributed by atoms with Crippen LogP contribution in [0.3, 0.4) is 0 Å². The molecule has 1 nitrogen and oxygen atoms in total. The normalized spacial score (nSPS) is 15.8. The topological polar surface area (TPSA) is 26.0 Å². The molecule has 0 spiro atoms. The molecule has 0 saturated carbocycles. The summed E-state index contributed by atoms with van der Waals surface area (Å²) in [6.45, 7) is 6.38. The van der Waals surface area contributed by atoms with Crippen molar-refractivity contribution in [3.63, 3.8) is 0 Å². The lowest BCUT2D eigenvalue weighted by Gasteiger charge is -2.11. The van der Waals surface area contributed by atoms with Crippen molar-refractivity contribution in [1.29, 1.82) is 0 Å². The van der Waals surface area contributed by atoms with E-state index in [4.69, 9.17) is 5.73 Å². The Balaban J connectivity index is 2.05. The standard InChI is InChI=1S/C17H23N/c1-17(2,3)11-5-8-16(18)15-10-9-13-6-4-7-14(13)12-15/h9-10,12,16H,4,6-8,18H2,1-3H3. The number of benzene rings is 1. The molecule has 0 aliphatic heterocycles. The number of hydrogen-bond acceptors (Lipinski definition) is 1. The van der Waals surface area contributed by atoms with Crippen LogP contribution in [0, 0.1) is 17.3 Å². The molecule has 0 amide bonds. The van der Waals surface area contributed by atoms with E-state index in [1.54, 1.807) is 0 Å². The first kappa shape index (κ1) is 13.2. The van der Waals surface area contributed by atoms with Gasteiger partial charge >= 0.3 is 0 Å². The molecule has 0 fully saturated rings. The number of rotatable bonds is 2. The molecule has 1 aromatic rings. The fourth-order valence-electron chi connectivity index (χ4n) is 2.37. The third-order valence-electron chi connectivity index (χ3n) is 3.34. The SMILES string of the molecule is CC(C)(C)C#CCC(N)c1ccc2c(c1)CCC2. The molecule has 1 aromatic carbocycles. The van der Waals surface area contributed by atoms with Crippen molar-refractivity contribution < 1.29 is 0 Å². The largest absolute Gasteiger partial charge is 0.323 e. The average molecular weight is 241 g/mol. The molecule has 2 N–H and O–H groups in total. The van der Waals surface area contributed by atoms with Crippen molar-refractivity contribution in [2.24, 2.45) is 11.1 Å². The number of hydrogen-bond donors (Lipinski definition) is 1. The fourth-order valence-corrected chi connectivity index (χ4v) is 2.37. The number of fused-ring (bicyclic) bond motifs is 1. The van der Waals surface area contributed by atoms with Crippen molar-refractivity contribution in [3.05, 3.63) is 34.9 Å². The Bertz CT molecular complexity index is 483. The lowest BCUT2D eigenvalue weighted by molar-refractivity contribution is 0.569. The van der Waals surface area contributed by atoms with E-state index in [1.807, 2.05) is 0 Å². The monoisotopic (exact) mass is 241 g/mol. The second kappa shape index (κ2) is 5.16. The van der Waals surface area contributed by atoms with Gasteiger partial charge in [0.25, 0.3) is 0 Å². The van der Waals surface area contributed by atoms with Gasteiger partial charge in [-0.3, -0.25) is 0 Å². The molecule has 1 heteroatoms. The first-order chi connectivity index (χ1) is 8.46. The van der Waals surface area contributed by atoms with E-state index in [9.17, 15) is 0 Å². The molecule has 1 aliphatic carbocycles. The Labute approximate surface area is 111 Å². The average Bonchev–Trinajstić information content (AvgIpc) is 2.73. The van der Waals surface area contributed by atoms with E-state index < -0.39 is 0 Å². The Morgan fingerprint density at radius 3 is 2.67 bits per heavy atom. The minimum absolute atomic E-state index is 0.0470. The molecule has 1 atom stereocenters. The van der Waals surface area contributed by atoms with Gasteiger partial charge in [0, 0.05) is 17.9 Å². The highest BCUT2D eigenvalue weighted by atomic mass is 14.6. The van der Waals surface area contributed by atoms with Crippen LogP contribution in [-0.4, -0.2) is 0 Å². The van der Waals surface area contributed by atoms with E-state index in [-0.39, 0.29) is 11.5 Å². The third kappa shape index (κ3) is 3.37. The van der Waals surface area contributed by atoms with Crippen molar-refractivity contribution in [1.82, 2.24) is 0 Å². The molecule has 0 radical (unpaired) electrons. The van der Waals surface area contributed by atoms with Gasteiger partial charge in [0.05, 0.1) is 0 Å². The van der Waals surface area contributed by atoms with Crippen LogP contribution in [0.1, 0.15) is 56.3 Å². The maximum Gasteiger partial charge on any atom is 0.0405 e. The third-order valence-corrected chi connectivity index (χ3v) is 3.34. The van der Waals surface area contributed by atoms with E-state index >= 15 is 0 Å². The Morgan fingerprint density at radius 2 is 1.94 bits per heavy atom. The summed E-state index contributed by atoms with van der Waals surface area (Å²) in [4.78, 5) is 0. The summed E-state index contributed by atoms with van der Waals surface area (Å²) < 4.78 is 0. The molecule has 2 rings (SSSR count). The van der Waals surface area contributed by atoms with E-state index in [0.29, 0.717) is 0 Å². The van der Waals surface area contributed by atoms with Crippen molar-refractivity contribution in [2.45, 2.75) is 52.5 Å². The summed E-state index contributed by atoms with van der Waals surface area (Å²) in [5, 5.41) is 0. The number of nitrogens with two attached hydrogens (primary N) is 1. The van der Waals surface area contributed by atoms with Crippen LogP contribution < -0.4 is 5.73 Å². The molecule has 1 aliphatic rings. The van der Waals surface area contributed by atoms with E-state index in [1.165, 1.54) is 36.0 Å². The first-order valence-corrected chi connectivity index (χ1v) is 6.83. The second-order valence-electron chi connectivity index (χ2n) is 6.24. The summed E-state index contributed by atoms with van der Waals surface area (Å²) in [6, 6.07) is 6.75. The fraction of sp³-hybridized carbons (Fsp3) is 0.529. The zero-order valence-electron chi connectivity index (χ0n) is 11.7. The second-order valence-corrected chi connectivity index (χ2v) is 6.24. The Hall–Kier alpha value is -1.26. The van der Waals surface area contributed by atoms with E-state index in [2.05, 4.69) is 50.8 Å². The van der Waals surface area contributed by atoms with Crippen molar-refractivity contribution in [3.8, 4) is 11.8 Å². The van der Waals surface area contributed by atoms with Gasteiger partial charge in [0.2, 0.25) is 0 Å². The van der Waals surface area contributed by atoms with Gasteiger partial charge in [-0.2, -0.15) is 0 Å². The summed E-state index contributed by atoms with van der Waals surface area (Å²) in [7, 11) is 0.